The minimum Gasteiger partial charge on any atom is -0.303 e. The topological polar surface area (TPSA) is 3.24 Å². The number of halogens is 1. The largest absolute Gasteiger partial charge is 0.303 e. The molecule has 1 aliphatic rings. The van der Waals surface area contributed by atoms with E-state index >= 15 is 0 Å². The van der Waals surface area contributed by atoms with Crippen LogP contribution in [0.2, 0.25) is 0 Å². The van der Waals surface area contributed by atoms with Gasteiger partial charge in [-0.3, -0.25) is 0 Å². The van der Waals surface area contributed by atoms with Crippen molar-refractivity contribution in [2.45, 2.75) is 26.2 Å². The van der Waals surface area contributed by atoms with E-state index in [1.54, 1.807) is 0 Å². The molecule has 0 aromatic heterocycles. The van der Waals surface area contributed by atoms with Gasteiger partial charge in [0.2, 0.25) is 0 Å². The fraction of sp³-hybridized carbons (Fsp3) is 1.00. The Morgan fingerprint density at radius 1 is 1.36 bits per heavy atom. The summed E-state index contributed by atoms with van der Waals surface area (Å²) in [5.41, 5.74) is 0. The summed E-state index contributed by atoms with van der Waals surface area (Å²) in [5.74, 6) is 0.968. The van der Waals surface area contributed by atoms with Crippen molar-refractivity contribution in [3.05, 3.63) is 0 Å². The van der Waals surface area contributed by atoms with E-state index in [0.29, 0.717) is 0 Å². The Morgan fingerprint density at radius 2 is 2.00 bits per heavy atom. The zero-order chi connectivity index (χ0) is 8.10. The molecule has 0 amide bonds. The van der Waals surface area contributed by atoms with Crippen molar-refractivity contribution in [1.29, 1.82) is 0 Å². The highest BCUT2D eigenvalue weighted by atomic mass is 79.9. The van der Waals surface area contributed by atoms with E-state index in [2.05, 4.69) is 27.8 Å². The average molecular weight is 220 g/mol. The molecule has 1 heterocycles. The predicted octanol–water partition coefficient (Wildman–Crippen LogP) is 2.50. The zero-order valence-electron chi connectivity index (χ0n) is 7.35. The third kappa shape index (κ3) is 3.57. The summed E-state index contributed by atoms with van der Waals surface area (Å²) < 4.78 is 0. The number of likely N-dealkylation sites (tertiary alicyclic amines) is 1. The van der Waals surface area contributed by atoms with E-state index < -0.39 is 0 Å². The van der Waals surface area contributed by atoms with Crippen LogP contribution in [0.4, 0.5) is 0 Å². The molecule has 11 heavy (non-hydrogen) atoms. The van der Waals surface area contributed by atoms with Crippen molar-refractivity contribution in [3.63, 3.8) is 0 Å². The van der Waals surface area contributed by atoms with Gasteiger partial charge in [-0.1, -0.05) is 22.9 Å². The maximum atomic E-state index is 3.46. The molecule has 0 radical (unpaired) electrons. The lowest BCUT2D eigenvalue weighted by atomic mass is 9.99. The standard InChI is InChI=1S/C9H18BrN/c1-9-3-7-11(8-4-9)6-2-5-10/h9H,2-8H2,1H3. The summed E-state index contributed by atoms with van der Waals surface area (Å²) >= 11 is 3.46. The molecule has 1 fully saturated rings. The Morgan fingerprint density at radius 3 is 2.55 bits per heavy atom. The molecule has 1 aliphatic heterocycles. The first-order valence-corrected chi connectivity index (χ1v) is 5.73. The minimum absolute atomic E-state index is 0.968. The molecule has 0 aliphatic carbocycles. The van der Waals surface area contributed by atoms with Crippen LogP contribution in [0.3, 0.4) is 0 Å². The van der Waals surface area contributed by atoms with Crippen molar-refractivity contribution < 1.29 is 0 Å². The van der Waals surface area contributed by atoms with Crippen LogP contribution in [-0.4, -0.2) is 29.9 Å². The highest BCUT2D eigenvalue weighted by Gasteiger charge is 2.14. The Labute approximate surface area is 78.3 Å². The monoisotopic (exact) mass is 219 g/mol. The molecule has 1 nitrogen and oxygen atoms in total. The number of rotatable bonds is 3. The summed E-state index contributed by atoms with van der Waals surface area (Å²) in [7, 11) is 0. The lowest BCUT2D eigenvalue weighted by Crippen LogP contribution is -2.33. The van der Waals surface area contributed by atoms with E-state index in [1.807, 2.05) is 0 Å². The highest BCUT2D eigenvalue weighted by Crippen LogP contribution is 2.15. The predicted molar refractivity (Wildman–Crippen MR) is 53.2 cm³/mol. The van der Waals surface area contributed by atoms with E-state index in [1.165, 1.54) is 38.9 Å². The minimum atomic E-state index is 0.968. The second kappa shape index (κ2) is 5.15. The fourth-order valence-electron chi connectivity index (χ4n) is 1.57. The number of nitrogens with zero attached hydrogens (tertiary/aromatic N) is 1. The molecule has 0 bridgehead atoms. The van der Waals surface area contributed by atoms with E-state index in [4.69, 9.17) is 0 Å². The SMILES string of the molecule is CC1CCN(CCCBr)CC1. The van der Waals surface area contributed by atoms with Gasteiger partial charge in [0.1, 0.15) is 0 Å². The summed E-state index contributed by atoms with van der Waals surface area (Å²) in [6.07, 6.45) is 4.11. The highest BCUT2D eigenvalue weighted by molar-refractivity contribution is 9.09. The van der Waals surface area contributed by atoms with Gasteiger partial charge in [0.25, 0.3) is 0 Å². The number of piperidine rings is 1. The maximum Gasteiger partial charge on any atom is 0.00434 e. The Bertz CT molecular complexity index is 95.0. The zero-order valence-corrected chi connectivity index (χ0v) is 8.94. The number of alkyl halides is 1. The normalized spacial score (nSPS) is 22.4. The van der Waals surface area contributed by atoms with Crippen LogP contribution in [-0.2, 0) is 0 Å². The van der Waals surface area contributed by atoms with Gasteiger partial charge in [-0.2, -0.15) is 0 Å². The van der Waals surface area contributed by atoms with Crippen LogP contribution in [0.15, 0.2) is 0 Å². The molecule has 0 saturated carbocycles. The van der Waals surface area contributed by atoms with Crippen molar-refractivity contribution >= 4 is 15.9 Å². The molecule has 0 aromatic rings. The molecule has 0 spiro atoms. The molecule has 0 atom stereocenters. The third-order valence-corrected chi connectivity index (χ3v) is 3.04. The molecule has 2 heteroatoms. The van der Waals surface area contributed by atoms with Crippen LogP contribution in [0, 0.1) is 5.92 Å². The van der Waals surface area contributed by atoms with Crippen molar-refractivity contribution in [1.82, 2.24) is 4.90 Å². The van der Waals surface area contributed by atoms with Gasteiger partial charge in [0, 0.05) is 5.33 Å². The molecule has 0 aromatic carbocycles. The van der Waals surface area contributed by atoms with Crippen LogP contribution in [0.25, 0.3) is 0 Å². The van der Waals surface area contributed by atoms with Gasteiger partial charge in [-0.15, -0.1) is 0 Å². The Hall–Kier alpha value is 0.440. The lowest BCUT2D eigenvalue weighted by molar-refractivity contribution is 0.193. The molecule has 0 N–H and O–H groups in total. The first-order chi connectivity index (χ1) is 5.33. The summed E-state index contributed by atoms with van der Waals surface area (Å²) in [5, 5.41) is 1.15. The van der Waals surface area contributed by atoms with Crippen molar-refractivity contribution in [3.8, 4) is 0 Å². The van der Waals surface area contributed by atoms with E-state index in [0.717, 1.165) is 11.2 Å². The van der Waals surface area contributed by atoms with Crippen LogP contribution in [0.1, 0.15) is 26.2 Å². The Balaban J connectivity index is 2.07. The number of hydrogen-bond donors (Lipinski definition) is 0. The van der Waals surface area contributed by atoms with Gasteiger partial charge in [-0.05, 0) is 44.8 Å². The van der Waals surface area contributed by atoms with Gasteiger partial charge in [-0.25, -0.2) is 0 Å². The maximum absolute atomic E-state index is 3.46. The van der Waals surface area contributed by atoms with Crippen LogP contribution >= 0.6 is 15.9 Å². The third-order valence-electron chi connectivity index (χ3n) is 2.48. The van der Waals surface area contributed by atoms with Crippen molar-refractivity contribution in [2.75, 3.05) is 25.0 Å². The second-order valence-corrected chi connectivity index (χ2v) is 4.36. The summed E-state index contributed by atoms with van der Waals surface area (Å²) in [6.45, 7) is 6.31. The van der Waals surface area contributed by atoms with Gasteiger partial charge >= 0.3 is 0 Å². The van der Waals surface area contributed by atoms with E-state index in [9.17, 15) is 0 Å². The first kappa shape index (κ1) is 9.53. The Kier molecular flexibility index (Phi) is 4.46. The van der Waals surface area contributed by atoms with Gasteiger partial charge in [0.15, 0.2) is 0 Å². The molecular weight excluding hydrogens is 202 g/mol. The second-order valence-electron chi connectivity index (χ2n) is 3.57. The smallest absolute Gasteiger partial charge is 0.00434 e. The molecule has 66 valence electrons. The quantitative estimate of drug-likeness (QED) is 0.660. The summed E-state index contributed by atoms with van der Waals surface area (Å²) in [4.78, 5) is 2.58. The molecule has 1 rings (SSSR count). The molecular formula is C9H18BrN. The van der Waals surface area contributed by atoms with Gasteiger partial charge in [0.05, 0.1) is 0 Å². The summed E-state index contributed by atoms with van der Waals surface area (Å²) in [6, 6.07) is 0. The number of hydrogen-bond acceptors (Lipinski definition) is 1. The van der Waals surface area contributed by atoms with E-state index in [-0.39, 0.29) is 0 Å². The van der Waals surface area contributed by atoms with Crippen LogP contribution in [0.5, 0.6) is 0 Å². The molecule has 0 unspecified atom stereocenters. The fourth-order valence-corrected chi connectivity index (χ4v) is 1.82. The first-order valence-electron chi connectivity index (χ1n) is 4.61. The molecule has 1 saturated heterocycles. The van der Waals surface area contributed by atoms with Crippen LogP contribution < -0.4 is 0 Å². The van der Waals surface area contributed by atoms with Gasteiger partial charge < -0.3 is 4.90 Å². The average Bonchev–Trinajstić information content (AvgIpc) is 2.04. The lowest BCUT2D eigenvalue weighted by Gasteiger charge is -2.29. The van der Waals surface area contributed by atoms with Crippen molar-refractivity contribution in [2.24, 2.45) is 5.92 Å².